The van der Waals surface area contributed by atoms with Crippen LogP contribution < -0.4 is 20.1 Å². The third-order valence-corrected chi connectivity index (χ3v) is 4.91. The third kappa shape index (κ3) is 2.16. The highest BCUT2D eigenvalue weighted by atomic mass is 32.2. The lowest BCUT2D eigenvalue weighted by atomic mass is 10.1. The lowest BCUT2D eigenvalue weighted by Crippen LogP contribution is -2.27. The topological polar surface area (TPSA) is 64.8 Å². The maximum Gasteiger partial charge on any atom is 0.238 e. The third-order valence-electron chi connectivity index (χ3n) is 3.70. The first-order valence-electron chi connectivity index (χ1n) is 6.91. The molecule has 1 fully saturated rings. The molecule has 0 radical (unpaired) electrons. The molecule has 2 heterocycles. The van der Waals surface area contributed by atoms with Gasteiger partial charge in [-0.25, -0.2) is 0 Å². The van der Waals surface area contributed by atoms with Crippen LogP contribution >= 0.6 is 11.8 Å². The molecule has 0 bridgehead atoms. The number of nitrogens with zero attached hydrogens (tertiary/aromatic N) is 1. The van der Waals surface area contributed by atoms with Crippen molar-refractivity contribution in [3.63, 3.8) is 0 Å². The number of thioether (sulfide) groups is 1. The summed E-state index contributed by atoms with van der Waals surface area (Å²) in [7, 11) is 0. The average Bonchev–Trinajstić information content (AvgIpc) is 3.12. The molecule has 0 aromatic heterocycles. The number of anilines is 2. The van der Waals surface area contributed by atoms with Gasteiger partial charge in [0.05, 0.1) is 5.75 Å². The molecule has 1 atom stereocenters. The molecule has 2 N–H and O–H groups in total. The maximum absolute atomic E-state index is 12.3. The van der Waals surface area contributed by atoms with Gasteiger partial charge in [0.15, 0.2) is 11.5 Å². The second-order valence-electron chi connectivity index (χ2n) is 5.13. The normalized spacial score (nSPS) is 19.7. The number of hydrogen-bond acceptors (Lipinski definition) is 5. The lowest BCUT2D eigenvalue weighted by Gasteiger charge is -2.24. The smallest absolute Gasteiger partial charge is 0.238 e. The van der Waals surface area contributed by atoms with E-state index in [1.807, 2.05) is 42.5 Å². The van der Waals surface area contributed by atoms with Crippen molar-refractivity contribution in [3.05, 3.63) is 48.0 Å². The summed E-state index contributed by atoms with van der Waals surface area (Å²) in [6.07, 6.45) is 0. The maximum atomic E-state index is 12.3. The van der Waals surface area contributed by atoms with Gasteiger partial charge in [-0.05, 0) is 29.8 Å². The van der Waals surface area contributed by atoms with Crippen LogP contribution in [0.25, 0.3) is 0 Å². The van der Waals surface area contributed by atoms with E-state index in [4.69, 9.17) is 15.2 Å². The zero-order chi connectivity index (χ0) is 15.1. The van der Waals surface area contributed by atoms with E-state index < -0.39 is 0 Å². The van der Waals surface area contributed by atoms with Crippen LogP contribution in [0.15, 0.2) is 42.5 Å². The number of carbonyl (C=O) groups excluding carboxylic acids is 1. The van der Waals surface area contributed by atoms with Gasteiger partial charge in [-0.15, -0.1) is 11.8 Å². The van der Waals surface area contributed by atoms with Crippen molar-refractivity contribution < 1.29 is 14.3 Å². The van der Waals surface area contributed by atoms with E-state index in [0.717, 1.165) is 11.3 Å². The largest absolute Gasteiger partial charge is 0.454 e. The van der Waals surface area contributed by atoms with E-state index in [2.05, 4.69) is 0 Å². The van der Waals surface area contributed by atoms with Crippen LogP contribution in [0.3, 0.4) is 0 Å². The van der Waals surface area contributed by atoms with Gasteiger partial charge >= 0.3 is 0 Å². The molecule has 0 saturated carbocycles. The van der Waals surface area contributed by atoms with Crippen molar-refractivity contribution in [3.8, 4) is 11.5 Å². The summed E-state index contributed by atoms with van der Waals surface area (Å²) in [6.45, 7) is 0.222. The monoisotopic (exact) mass is 314 g/mol. The van der Waals surface area contributed by atoms with Crippen LogP contribution in [-0.4, -0.2) is 18.5 Å². The fourth-order valence-corrected chi connectivity index (χ4v) is 3.86. The van der Waals surface area contributed by atoms with E-state index in [1.165, 1.54) is 0 Å². The van der Waals surface area contributed by atoms with E-state index >= 15 is 0 Å². The van der Waals surface area contributed by atoms with Crippen molar-refractivity contribution >= 4 is 29.0 Å². The van der Waals surface area contributed by atoms with Crippen molar-refractivity contribution in [1.29, 1.82) is 0 Å². The molecule has 2 aliphatic rings. The quantitative estimate of drug-likeness (QED) is 0.864. The number of nitrogens with two attached hydrogens (primary N) is 1. The minimum Gasteiger partial charge on any atom is -0.454 e. The second kappa shape index (κ2) is 5.14. The summed E-state index contributed by atoms with van der Waals surface area (Å²) in [5, 5.41) is -0.0728. The summed E-state index contributed by atoms with van der Waals surface area (Å²) in [5.74, 6) is 1.92. The summed E-state index contributed by atoms with van der Waals surface area (Å²) in [5.41, 5.74) is 8.40. The van der Waals surface area contributed by atoms with Crippen LogP contribution in [0.1, 0.15) is 10.9 Å². The van der Waals surface area contributed by atoms with Gasteiger partial charge in [0.25, 0.3) is 0 Å². The first-order valence-corrected chi connectivity index (χ1v) is 7.96. The zero-order valence-corrected chi connectivity index (χ0v) is 12.5. The van der Waals surface area contributed by atoms with Gasteiger partial charge in [-0.2, -0.15) is 0 Å². The van der Waals surface area contributed by atoms with E-state index in [9.17, 15) is 4.79 Å². The van der Waals surface area contributed by atoms with Crippen molar-refractivity contribution in [2.45, 2.75) is 5.37 Å². The molecule has 4 rings (SSSR count). The first-order chi connectivity index (χ1) is 10.7. The van der Waals surface area contributed by atoms with Crippen LogP contribution in [0.4, 0.5) is 11.4 Å². The average molecular weight is 314 g/mol. The Morgan fingerprint density at radius 1 is 1.14 bits per heavy atom. The Hall–Kier alpha value is -2.34. The Bertz CT molecular complexity index is 750. The predicted octanol–water partition coefficient (Wildman–Crippen LogP) is 2.78. The molecular weight excluding hydrogens is 300 g/mol. The van der Waals surface area contributed by atoms with E-state index in [0.29, 0.717) is 22.9 Å². The fraction of sp³-hybridized carbons (Fsp3) is 0.188. The predicted molar refractivity (Wildman–Crippen MR) is 86.1 cm³/mol. The fourth-order valence-electron chi connectivity index (χ4n) is 2.70. The highest BCUT2D eigenvalue weighted by molar-refractivity contribution is 8.00. The molecule has 112 valence electrons. The van der Waals surface area contributed by atoms with Crippen LogP contribution in [-0.2, 0) is 4.79 Å². The Labute approximate surface area is 132 Å². The second-order valence-corrected chi connectivity index (χ2v) is 6.20. The molecule has 2 aromatic carbocycles. The number of hydrogen-bond donors (Lipinski definition) is 1. The number of rotatable bonds is 2. The Morgan fingerprint density at radius 2 is 2.00 bits per heavy atom. The minimum atomic E-state index is -0.0728. The van der Waals surface area contributed by atoms with Gasteiger partial charge in [0.2, 0.25) is 12.7 Å². The molecule has 5 nitrogen and oxygen atoms in total. The molecular formula is C16H14N2O3S. The number of fused-ring (bicyclic) bond motifs is 1. The number of nitrogen functional groups attached to an aromatic ring is 1. The number of carbonyl (C=O) groups is 1. The molecule has 6 heteroatoms. The minimum absolute atomic E-state index is 0.0728. The summed E-state index contributed by atoms with van der Waals surface area (Å²) in [4.78, 5) is 14.1. The van der Waals surface area contributed by atoms with E-state index in [-0.39, 0.29) is 18.1 Å². The van der Waals surface area contributed by atoms with Crippen molar-refractivity contribution in [1.82, 2.24) is 0 Å². The summed E-state index contributed by atoms with van der Waals surface area (Å²) >= 11 is 1.60. The van der Waals surface area contributed by atoms with Crippen LogP contribution in [0, 0.1) is 0 Å². The van der Waals surface area contributed by atoms with Gasteiger partial charge < -0.3 is 15.2 Å². The SMILES string of the molecule is Nc1cccc(C2SCC(=O)N2c2ccc3c(c2)OCO3)c1. The lowest BCUT2D eigenvalue weighted by molar-refractivity contribution is -0.115. The zero-order valence-electron chi connectivity index (χ0n) is 11.7. The molecule has 22 heavy (non-hydrogen) atoms. The summed E-state index contributed by atoms with van der Waals surface area (Å²) < 4.78 is 10.7. The molecule has 1 saturated heterocycles. The molecule has 2 aromatic rings. The van der Waals surface area contributed by atoms with Crippen molar-refractivity contribution in [2.24, 2.45) is 0 Å². The summed E-state index contributed by atoms with van der Waals surface area (Å²) in [6, 6.07) is 13.2. The highest BCUT2D eigenvalue weighted by Crippen LogP contribution is 2.44. The number of amides is 1. The molecule has 0 spiro atoms. The first kappa shape index (κ1) is 13.3. The van der Waals surface area contributed by atoms with Gasteiger partial charge in [-0.1, -0.05) is 12.1 Å². The number of benzene rings is 2. The number of ether oxygens (including phenoxy) is 2. The van der Waals surface area contributed by atoms with Crippen molar-refractivity contribution in [2.75, 3.05) is 23.2 Å². The van der Waals surface area contributed by atoms with E-state index in [1.54, 1.807) is 16.7 Å². The Kier molecular flexibility index (Phi) is 3.11. The van der Waals surface area contributed by atoms with Gasteiger partial charge in [-0.3, -0.25) is 9.69 Å². The van der Waals surface area contributed by atoms with Gasteiger partial charge in [0, 0.05) is 17.4 Å². The Morgan fingerprint density at radius 3 is 2.86 bits per heavy atom. The molecule has 1 amide bonds. The van der Waals surface area contributed by atoms with Crippen LogP contribution in [0.2, 0.25) is 0 Å². The molecule has 2 aliphatic heterocycles. The molecule has 0 aliphatic carbocycles. The Balaban J connectivity index is 1.73. The van der Waals surface area contributed by atoms with Gasteiger partial charge in [0.1, 0.15) is 5.37 Å². The van der Waals surface area contributed by atoms with Crippen LogP contribution in [0.5, 0.6) is 11.5 Å². The highest BCUT2D eigenvalue weighted by Gasteiger charge is 2.34. The molecule has 1 unspecified atom stereocenters. The standard InChI is InChI=1S/C16H14N2O3S/c17-11-3-1-2-10(6-11)16-18(15(19)8-22-16)12-4-5-13-14(7-12)21-9-20-13/h1-7,16H,8-9,17H2.